The Kier molecular flexibility index (Phi) is 6.16. The van der Waals surface area contributed by atoms with Crippen molar-refractivity contribution >= 4 is 83.9 Å². The van der Waals surface area contributed by atoms with Crippen molar-refractivity contribution in [2.75, 3.05) is 0 Å². The molecule has 5 nitrogen and oxygen atoms in total. The Hall–Kier alpha value is 0.790. The van der Waals surface area contributed by atoms with Crippen LogP contribution in [-0.4, -0.2) is 18.9 Å². The Morgan fingerprint density at radius 2 is 1.76 bits per heavy atom. The average Bonchev–Trinajstić information content (AvgIpc) is 2.85. The molecule has 0 radical (unpaired) electrons. The van der Waals surface area contributed by atoms with E-state index >= 15 is 0 Å². The van der Waals surface area contributed by atoms with E-state index < -0.39 is 10.1 Å². The van der Waals surface area contributed by atoms with E-state index in [0.717, 1.165) is 25.7 Å². The Morgan fingerprint density at radius 1 is 1.19 bits per heavy atom. The normalized spacial score (nSPS) is 16.2. The summed E-state index contributed by atoms with van der Waals surface area (Å²) in [5.74, 6) is -0.315. The molecule has 1 aliphatic rings. The Bertz CT molecular complexity index is 681. The van der Waals surface area contributed by atoms with Crippen LogP contribution in [-0.2, 0) is 14.9 Å². The first kappa shape index (κ1) is 18.1. The van der Waals surface area contributed by atoms with Gasteiger partial charge in [0.05, 0.1) is 18.0 Å². The fourth-order valence-electron chi connectivity index (χ4n) is 2.22. The Balaban J connectivity index is 2.42. The Morgan fingerprint density at radius 3 is 2.29 bits per heavy atom. The third kappa shape index (κ3) is 4.20. The summed E-state index contributed by atoms with van der Waals surface area (Å²) in [7, 11) is -4.62. The van der Waals surface area contributed by atoms with Crippen molar-refractivity contribution in [2.24, 2.45) is 5.92 Å². The van der Waals surface area contributed by atoms with Gasteiger partial charge < -0.3 is 9.29 Å². The van der Waals surface area contributed by atoms with E-state index in [9.17, 15) is 17.8 Å². The van der Waals surface area contributed by atoms with Crippen molar-refractivity contribution in [2.45, 2.75) is 30.6 Å². The highest BCUT2D eigenvalue weighted by Gasteiger charge is 2.27. The van der Waals surface area contributed by atoms with E-state index in [0.29, 0.717) is 7.14 Å². The summed E-state index contributed by atoms with van der Waals surface area (Å²) in [6.07, 6.45) is 3.59. The number of carbonyl (C=O) groups excluding carboxylic acids is 1. The van der Waals surface area contributed by atoms with E-state index in [2.05, 4.69) is 0 Å². The lowest BCUT2D eigenvalue weighted by Crippen LogP contribution is -2.19. The Labute approximate surface area is 163 Å². The maximum atomic E-state index is 12.1. The van der Waals surface area contributed by atoms with Crippen LogP contribution in [0.15, 0.2) is 11.0 Å². The molecule has 1 aromatic rings. The van der Waals surface area contributed by atoms with Crippen LogP contribution in [0.1, 0.15) is 25.7 Å². The van der Waals surface area contributed by atoms with E-state index in [1.165, 1.54) is 6.07 Å². The molecule has 0 spiro atoms. The number of hydrogen-bond acceptors (Lipinski definition) is 5. The van der Waals surface area contributed by atoms with Crippen molar-refractivity contribution in [3.63, 3.8) is 0 Å². The largest absolute Gasteiger partial charge is 0.744 e. The molecule has 0 heterocycles. The van der Waals surface area contributed by atoms with Crippen LogP contribution in [0.4, 0.5) is 0 Å². The molecule has 0 aromatic heterocycles. The van der Waals surface area contributed by atoms with Gasteiger partial charge >= 0.3 is 5.97 Å². The lowest BCUT2D eigenvalue weighted by Gasteiger charge is -2.17. The molecule has 0 saturated heterocycles. The molecule has 2 rings (SSSR count). The summed E-state index contributed by atoms with van der Waals surface area (Å²) in [6, 6.07) is 1.53. The fourth-order valence-corrected chi connectivity index (χ4v) is 8.04. The molecular weight excluding hydrogens is 637 g/mol. The van der Waals surface area contributed by atoms with Gasteiger partial charge in [-0.1, -0.05) is 12.8 Å². The van der Waals surface area contributed by atoms with Gasteiger partial charge in [0.25, 0.3) is 0 Å². The van der Waals surface area contributed by atoms with Crippen LogP contribution >= 0.6 is 67.8 Å². The van der Waals surface area contributed by atoms with Crippen LogP contribution in [0.5, 0.6) is 5.75 Å². The zero-order valence-corrected chi connectivity index (χ0v) is 17.9. The monoisotopic (exact) mass is 647 g/mol. The zero-order chi connectivity index (χ0) is 15.8. The van der Waals surface area contributed by atoms with Gasteiger partial charge in [-0.3, -0.25) is 4.79 Å². The lowest BCUT2D eigenvalue weighted by molar-refractivity contribution is -0.138. The topological polar surface area (TPSA) is 83.5 Å². The van der Waals surface area contributed by atoms with Crippen molar-refractivity contribution in [3.8, 4) is 5.75 Å². The molecule has 21 heavy (non-hydrogen) atoms. The third-order valence-electron chi connectivity index (χ3n) is 3.23. The number of hydrogen-bond donors (Lipinski definition) is 0. The second-order valence-corrected chi connectivity index (χ2v) is 9.39. The predicted molar refractivity (Wildman–Crippen MR) is 100 cm³/mol. The van der Waals surface area contributed by atoms with E-state index in [1.807, 2.05) is 22.6 Å². The van der Waals surface area contributed by atoms with Crippen LogP contribution in [0.3, 0.4) is 0 Å². The number of carbonyl (C=O) groups is 1. The summed E-state index contributed by atoms with van der Waals surface area (Å²) in [5.41, 5.74) is 0. The van der Waals surface area contributed by atoms with E-state index in [1.54, 1.807) is 45.2 Å². The molecule has 1 fully saturated rings. The minimum Gasteiger partial charge on any atom is -0.744 e. The van der Waals surface area contributed by atoms with Crippen LogP contribution in [0.25, 0.3) is 0 Å². The molecule has 1 saturated carbocycles. The molecule has 0 unspecified atom stereocenters. The minimum atomic E-state index is -4.62. The average molecular weight is 647 g/mol. The highest BCUT2D eigenvalue weighted by Crippen LogP contribution is 2.37. The highest BCUT2D eigenvalue weighted by atomic mass is 127. The molecule has 116 valence electrons. The smallest absolute Gasteiger partial charge is 0.314 e. The summed E-state index contributed by atoms with van der Waals surface area (Å²) in [6.45, 7) is 0. The van der Waals surface area contributed by atoms with Crippen molar-refractivity contribution in [3.05, 3.63) is 16.8 Å². The molecule has 1 aliphatic carbocycles. The fraction of sp³-hybridized carbons (Fsp3) is 0.417. The van der Waals surface area contributed by atoms with Gasteiger partial charge in [0, 0.05) is 3.57 Å². The molecule has 0 aliphatic heterocycles. The van der Waals surface area contributed by atoms with Crippen LogP contribution < -0.4 is 4.74 Å². The number of benzene rings is 1. The molecule has 1 aromatic carbocycles. The minimum absolute atomic E-state index is 0.136. The molecule has 9 heteroatoms. The van der Waals surface area contributed by atoms with Crippen molar-refractivity contribution in [1.82, 2.24) is 0 Å². The van der Waals surface area contributed by atoms with Gasteiger partial charge in [0.15, 0.2) is 5.75 Å². The predicted octanol–water partition coefficient (Wildman–Crippen LogP) is 3.50. The summed E-state index contributed by atoms with van der Waals surface area (Å²) >= 11 is 5.51. The first-order valence-electron chi connectivity index (χ1n) is 6.07. The van der Waals surface area contributed by atoms with Crippen molar-refractivity contribution < 1.29 is 22.5 Å². The number of halogens is 3. The van der Waals surface area contributed by atoms with Gasteiger partial charge in [0.2, 0.25) is 0 Å². The second kappa shape index (κ2) is 7.13. The molecule has 0 amide bonds. The first-order chi connectivity index (χ1) is 9.71. The van der Waals surface area contributed by atoms with E-state index in [4.69, 9.17) is 4.74 Å². The molecule has 0 bridgehead atoms. The van der Waals surface area contributed by atoms with Crippen LogP contribution in [0.2, 0.25) is 0 Å². The third-order valence-corrected chi connectivity index (χ3v) is 7.56. The summed E-state index contributed by atoms with van der Waals surface area (Å²) in [4.78, 5) is 11.8. The molecule has 0 N–H and O–H groups in total. The van der Waals surface area contributed by atoms with Gasteiger partial charge in [-0.25, -0.2) is 8.42 Å². The molecule has 0 atom stereocenters. The SMILES string of the molecule is O=C(Oc1c(I)cc(I)c(S(=O)(=O)[O-])c1I)C1CCCC1. The summed E-state index contributed by atoms with van der Waals surface area (Å²) in [5, 5.41) is 0. The van der Waals surface area contributed by atoms with Gasteiger partial charge in [-0.05, 0) is 86.7 Å². The lowest BCUT2D eigenvalue weighted by atomic mass is 10.1. The highest BCUT2D eigenvalue weighted by molar-refractivity contribution is 14.1. The summed E-state index contributed by atoms with van der Waals surface area (Å²) < 4.78 is 40.6. The van der Waals surface area contributed by atoms with Gasteiger partial charge in [0.1, 0.15) is 10.1 Å². The number of rotatable bonds is 3. The standard InChI is InChI=1S/C12H11I3O5S/c13-7-5-8(14)11(21(17,18)19)9(15)10(7)20-12(16)6-3-1-2-4-6/h5-6H,1-4H2,(H,17,18,19)/p-1. The number of esters is 1. The van der Waals surface area contributed by atoms with Crippen LogP contribution in [0, 0.1) is 16.6 Å². The van der Waals surface area contributed by atoms with Gasteiger partial charge in [-0.2, -0.15) is 0 Å². The van der Waals surface area contributed by atoms with E-state index in [-0.39, 0.29) is 26.1 Å². The maximum Gasteiger partial charge on any atom is 0.314 e. The second-order valence-electron chi connectivity index (χ2n) is 4.67. The maximum absolute atomic E-state index is 12.1. The quantitative estimate of drug-likeness (QED) is 0.217. The molecular formula is C12H10I3O5S-. The zero-order valence-electron chi connectivity index (χ0n) is 10.6. The van der Waals surface area contributed by atoms with Gasteiger partial charge in [-0.15, -0.1) is 0 Å². The van der Waals surface area contributed by atoms with Crippen molar-refractivity contribution in [1.29, 1.82) is 0 Å². The number of ether oxygens (including phenoxy) is 1. The first-order valence-corrected chi connectivity index (χ1v) is 10.7.